The van der Waals surface area contributed by atoms with Gasteiger partial charge in [-0.1, -0.05) is 57.8 Å². The SMILES string of the molecule is CCCC[C@@H](C)[C@H](O)/C=C/[C@H]1C=CC(=O)[C@@H]1CCCC[C@@H]1C[C@H]1C(=O)O. The number of aliphatic hydroxyl groups excluding tert-OH is 1. The van der Waals surface area contributed by atoms with Crippen molar-refractivity contribution < 1.29 is 19.8 Å². The molecule has 146 valence electrons. The molecule has 0 saturated heterocycles. The molecule has 0 bridgehead atoms. The molecule has 1 saturated carbocycles. The molecule has 2 aliphatic carbocycles. The standard InChI is InChI=1S/C22H34O4/c1-3-4-7-15(2)20(23)12-10-16-11-13-21(24)18(16)9-6-5-8-17-14-19(17)22(25)26/h10-13,15-20,23H,3-9,14H2,1-2H3,(H,25,26)/b12-10+/t15-,16+,17-,18-,19-,20-/m1/s1. The van der Waals surface area contributed by atoms with Crippen molar-refractivity contribution in [1.29, 1.82) is 0 Å². The lowest BCUT2D eigenvalue weighted by Crippen LogP contribution is -2.17. The van der Waals surface area contributed by atoms with Gasteiger partial charge in [0.05, 0.1) is 12.0 Å². The number of allylic oxidation sites excluding steroid dienone is 3. The van der Waals surface area contributed by atoms with E-state index in [0.29, 0.717) is 5.92 Å². The highest BCUT2D eigenvalue weighted by molar-refractivity contribution is 5.94. The number of hydrogen-bond acceptors (Lipinski definition) is 3. The lowest BCUT2D eigenvalue weighted by molar-refractivity contribution is -0.138. The molecule has 0 aromatic heterocycles. The number of carboxylic acid groups (broad SMARTS) is 1. The van der Waals surface area contributed by atoms with Crippen molar-refractivity contribution in [2.75, 3.05) is 0 Å². The van der Waals surface area contributed by atoms with E-state index in [4.69, 9.17) is 5.11 Å². The van der Waals surface area contributed by atoms with Crippen LogP contribution in [0, 0.1) is 29.6 Å². The number of aliphatic hydroxyl groups is 1. The molecule has 2 rings (SSSR count). The first-order valence-electron chi connectivity index (χ1n) is 10.2. The van der Waals surface area contributed by atoms with Crippen molar-refractivity contribution in [1.82, 2.24) is 0 Å². The molecule has 2 aliphatic rings. The van der Waals surface area contributed by atoms with Crippen molar-refractivity contribution in [3.63, 3.8) is 0 Å². The van der Waals surface area contributed by atoms with E-state index in [1.165, 1.54) is 0 Å². The minimum Gasteiger partial charge on any atom is -0.481 e. The largest absolute Gasteiger partial charge is 0.481 e. The summed E-state index contributed by atoms with van der Waals surface area (Å²) < 4.78 is 0. The van der Waals surface area contributed by atoms with Crippen molar-refractivity contribution in [3.05, 3.63) is 24.3 Å². The van der Waals surface area contributed by atoms with Gasteiger partial charge in [-0.05, 0) is 43.6 Å². The van der Waals surface area contributed by atoms with Gasteiger partial charge >= 0.3 is 5.97 Å². The van der Waals surface area contributed by atoms with Crippen molar-refractivity contribution in [2.45, 2.75) is 71.3 Å². The maximum absolute atomic E-state index is 12.1. The first-order valence-corrected chi connectivity index (χ1v) is 10.2. The Morgan fingerprint density at radius 2 is 2.04 bits per heavy atom. The van der Waals surface area contributed by atoms with Crippen LogP contribution >= 0.6 is 0 Å². The van der Waals surface area contributed by atoms with Crippen LogP contribution in [-0.2, 0) is 9.59 Å². The van der Waals surface area contributed by atoms with Crippen LogP contribution in [0.3, 0.4) is 0 Å². The number of rotatable bonds is 12. The minimum atomic E-state index is -0.665. The number of hydrogen-bond donors (Lipinski definition) is 2. The maximum Gasteiger partial charge on any atom is 0.306 e. The van der Waals surface area contributed by atoms with Crippen molar-refractivity contribution in [2.24, 2.45) is 29.6 Å². The number of carboxylic acids is 1. The summed E-state index contributed by atoms with van der Waals surface area (Å²) in [6.07, 6.45) is 14.9. The Bertz CT molecular complexity index is 536. The second-order valence-electron chi connectivity index (χ2n) is 8.17. The highest BCUT2D eigenvalue weighted by Crippen LogP contribution is 2.42. The Morgan fingerprint density at radius 3 is 2.69 bits per heavy atom. The van der Waals surface area contributed by atoms with Gasteiger partial charge in [-0.3, -0.25) is 9.59 Å². The van der Waals surface area contributed by atoms with E-state index in [1.54, 1.807) is 6.08 Å². The van der Waals surface area contributed by atoms with Gasteiger partial charge in [-0.15, -0.1) is 0 Å². The van der Waals surface area contributed by atoms with Crippen LogP contribution in [0.15, 0.2) is 24.3 Å². The molecular formula is C22H34O4. The summed E-state index contributed by atoms with van der Waals surface area (Å²) >= 11 is 0. The number of unbranched alkanes of at least 4 members (excludes halogenated alkanes) is 2. The van der Waals surface area contributed by atoms with Crippen LogP contribution < -0.4 is 0 Å². The van der Waals surface area contributed by atoms with Gasteiger partial charge in [0.25, 0.3) is 0 Å². The van der Waals surface area contributed by atoms with Gasteiger partial charge in [-0.25, -0.2) is 0 Å². The predicted octanol–water partition coefficient (Wildman–Crippen LogP) is 4.38. The van der Waals surface area contributed by atoms with Gasteiger partial charge in [0.1, 0.15) is 0 Å². The highest BCUT2D eigenvalue weighted by atomic mass is 16.4. The first-order chi connectivity index (χ1) is 12.4. The minimum absolute atomic E-state index is 0.0149. The number of aliphatic carboxylic acids is 1. The summed E-state index contributed by atoms with van der Waals surface area (Å²) in [4.78, 5) is 23.0. The van der Waals surface area contributed by atoms with Gasteiger partial charge in [0, 0.05) is 11.8 Å². The van der Waals surface area contributed by atoms with Gasteiger partial charge in [0.2, 0.25) is 0 Å². The Hall–Kier alpha value is -1.42. The molecular weight excluding hydrogens is 328 g/mol. The molecule has 0 radical (unpaired) electrons. The van der Waals surface area contributed by atoms with Crippen LogP contribution in [0.25, 0.3) is 0 Å². The van der Waals surface area contributed by atoms with Gasteiger partial charge in [0.15, 0.2) is 5.78 Å². The topological polar surface area (TPSA) is 74.6 Å². The zero-order valence-electron chi connectivity index (χ0n) is 16.1. The summed E-state index contributed by atoms with van der Waals surface area (Å²) in [5.41, 5.74) is 0. The number of carbonyl (C=O) groups excluding carboxylic acids is 1. The van der Waals surface area contributed by atoms with E-state index in [9.17, 15) is 14.7 Å². The Balaban J connectivity index is 1.72. The Morgan fingerprint density at radius 1 is 1.31 bits per heavy atom. The summed E-state index contributed by atoms with van der Waals surface area (Å²) in [6, 6.07) is 0. The summed E-state index contributed by atoms with van der Waals surface area (Å²) in [6.45, 7) is 4.22. The fraction of sp³-hybridized carbons (Fsp3) is 0.727. The molecule has 0 heterocycles. The third-order valence-electron chi connectivity index (χ3n) is 6.02. The second-order valence-corrected chi connectivity index (χ2v) is 8.17. The maximum atomic E-state index is 12.1. The van der Waals surface area contributed by atoms with E-state index in [-0.39, 0.29) is 29.5 Å². The zero-order chi connectivity index (χ0) is 19.1. The predicted molar refractivity (Wildman–Crippen MR) is 103 cm³/mol. The molecule has 0 unspecified atom stereocenters. The van der Waals surface area contributed by atoms with Crippen LogP contribution in [0.2, 0.25) is 0 Å². The summed E-state index contributed by atoms with van der Waals surface area (Å²) in [5, 5.41) is 19.2. The third kappa shape index (κ3) is 6.08. The van der Waals surface area contributed by atoms with Crippen LogP contribution in [-0.4, -0.2) is 28.1 Å². The molecule has 2 N–H and O–H groups in total. The molecule has 0 aromatic rings. The van der Waals surface area contributed by atoms with E-state index in [2.05, 4.69) is 13.8 Å². The smallest absolute Gasteiger partial charge is 0.306 e. The van der Waals surface area contributed by atoms with Crippen LogP contribution in [0.1, 0.15) is 65.2 Å². The Kier molecular flexibility index (Phi) is 8.08. The van der Waals surface area contributed by atoms with Crippen molar-refractivity contribution >= 4 is 11.8 Å². The fourth-order valence-electron chi connectivity index (χ4n) is 3.95. The zero-order valence-corrected chi connectivity index (χ0v) is 16.1. The number of carbonyl (C=O) groups is 2. The van der Waals surface area contributed by atoms with Gasteiger partial charge in [-0.2, -0.15) is 0 Å². The highest BCUT2D eigenvalue weighted by Gasteiger charge is 2.42. The van der Waals surface area contributed by atoms with Crippen LogP contribution in [0.5, 0.6) is 0 Å². The Labute approximate surface area is 157 Å². The molecule has 6 atom stereocenters. The molecule has 4 heteroatoms. The van der Waals surface area contributed by atoms with Crippen LogP contribution in [0.4, 0.5) is 0 Å². The molecule has 1 fully saturated rings. The average molecular weight is 363 g/mol. The molecule has 4 nitrogen and oxygen atoms in total. The summed E-state index contributed by atoms with van der Waals surface area (Å²) in [7, 11) is 0. The average Bonchev–Trinajstić information content (AvgIpc) is 3.32. The molecule has 0 spiro atoms. The normalized spacial score (nSPS) is 30.0. The lowest BCUT2D eigenvalue weighted by Gasteiger charge is -2.18. The van der Waals surface area contributed by atoms with Crippen molar-refractivity contribution in [3.8, 4) is 0 Å². The fourth-order valence-corrected chi connectivity index (χ4v) is 3.95. The molecule has 0 aromatic carbocycles. The molecule has 0 aliphatic heterocycles. The van der Waals surface area contributed by atoms with E-state index in [0.717, 1.165) is 51.4 Å². The lowest BCUT2D eigenvalue weighted by atomic mass is 9.88. The molecule has 26 heavy (non-hydrogen) atoms. The number of ketones is 1. The summed E-state index contributed by atoms with van der Waals surface area (Å²) in [5.74, 6) is 0.0515. The first kappa shape index (κ1) is 20.9. The quantitative estimate of drug-likeness (QED) is 0.399. The van der Waals surface area contributed by atoms with E-state index < -0.39 is 12.1 Å². The molecule has 0 amide bonds. The second kappa shape index (κ2) is 10.1. The van der Waals surface area contributed by atoms with E-state index in [1.807, 2.05) is 18.2 Å². The van der Waals surface area contributed by atoms with Gasteiger partial charge < -0.3 is 10.2 Å². The van der Waals surface area contributed by atoms with E-state index >= 15 is 0 Å². The monoisotopic (exact) mass is 362 g/mol. The third-order valence-corrected chi connectivity index (χ3v) is 6.02.